The minimum Gasteiger partial charge on any atom is -0.369 e. The number of benzene rings is 1. The maximum Gasteiger partial charge on any atom is 0.299 e. The van der Waals surface area contributed by atoms with Crippen LogP contribution in [-0.2, 0) is 10.2 Å². The minimum absolute atomic E-state index is 0.135. The number of piperazine rings is 1. The summed E-state index contributed by atoms with van der Waals surface area (Å²) in [5.41, 5.74) is 1.70. The van der Waals surface area contributed by atoms with Gasteiger partial charge >= 0.3 is 0 Å². The minimum atomic E-state index is -3.51. The Balaban J connectivity index is 1.95. The summed E-state index contributed by atoms with van der Waals surface area (Å²) in [6.45, 7) is 12.1. The van der Waals surface area contributed by atoms with Crippen molar-refractivity contribution in [2.75, 3.05) is 35.8 Å². The van der Waals surface area contributed by atoms with Crippen LogP contribution in [0.4, 0.5) is 11.4 Å². The summed E-state index contributed by atoms with van der Waals surface area (Å²) in [7, 11) is -3.51. The largest absolute Gasteiger partial charge is 0.369 e. The van der Waals surface area contributed by atoms with E-state index in [0.29, 0.717) is 11.7 Å². The zero-order valence-corrected chi connectivity index (χ0v) is 15.2. The van der Waals surface area contributed by atoms with E-state index < -0.39 is 10.2 Å². The van der Waals surface area contributed by atoms with Gasteiger partial charge in [-0.05, 0) is 52.0 Å². The average molecular weight is 340 g/mol. The fourth-order valence-corrected chi connectivity index (χ4v) is 3.86. The first-order chi connectivity index (χ1) is 10.8. The fraction of sp³-hybridized carbons (Fsp3) is 0.625. The van der Waals surface area contributed by atoms with Crippen LogP contribution in [0.25, 0.3) is 0 Å². The van der Waals surface area contributed by atoms with Gasteiger partial charge in [0.2, 0.25) is 0 Å². The van der Waals surface area contributed by atoms with E-state index in [4.69, 9.17) is 0 Å². The van der Waals surface area contributed by atoms with Gasteiger partial charge in [-0.1, -0.05) is 0 Å². The zero-order valence-electron chi connectivity index (χ0n) is 14.4. The molecular weight excluding hydrogens is 312 g/mol. The molecule has 0 amide bonds. The van der Waals surface area contributed by atoms with Crippen molar-refractivity contribution in [1.82, 2.24) is 9.62 Å². The Morgan fingerprint density at radius 3 is 2.00 bits per heavy atom. The molecule has 0 saturated carbocycles. The van der Waals surface area contributed by atoms with Gasteiger partial charge in [0, 0.05) is 49.6 Å². The molecular formula is C16H28N4O2S. The first kappa shape index (κ1) is 18.0. The van der Waals surface area contributed by atoms with Gasteiger partial charge in [-0.2, -0.15) is 13.1 Å². The van der Waals surface area contributed by atoms with Gasteiger partial charge in [-0.15, -0.1) is 0 Å². The Hall–Kier alpha value is -1.31. The highest BCUT2D eigenvalue weighted by Crippen LogP contribution is 2.20. The molecule has 2 N–H and O–H groups in total. The highest BCUT2D eigenvalue weighted by Gasteiger charge is 2.19. The van der Waals surface area contributed by atoms with Crippen molar-refractivity contribution < 1.29 is 8.42 Å². The van der Waals surface area contributed by atoms with E-state index in [1.807, 2.05) is 24.3 Å². The molecule has 1 aromatic carbocycles. The Bertz CT molecular complexity index is 591. The van der Waals surface area contributed by atoms with Gasteiger partial charge < -0.3 is 4.90 Å². The SMILES string of the molecule is CC(C)NS(=O)(=O)Nc1ccc(N2CCN(C(C)C)CC2)cc1. The molecule has 23 heavy (non-hydrogen) atoms. The standard InChI is InChI=1S/C16H28N4O2S/c1-13(2)17-23(21,22)18-15-5-7-16(8-6-15)20-11-9-19(10-12-20)14(3)4/h5-8,13-14,17-18H,9-12H2,1-4H3. The summed E-state index contributed by atoms with van der Waals surface area (Å²) in [4.78, 5) is 4.81. The van der Waals surface area contributed by atoms with Crippen LogP contribution >= 0.6 is 0 Å². The Kier molecular flexibility index (Phi) is 5.89. The quantitative estimate of drug-likeness (QED) is 0.830. The van der Waals surface area contributed by atoms with Gasteiger partial charge in [0.1, 0.15) is 0 Å². The maximum atomic E-state index is 11.9. The lowest BCUT2D eigenvalue weighted by atomic mass is 10.2. The van der Waals surface area contributed by atoms with Crippen LogP contribution in [0.5, 0.6) is 0 Å². The third kappa shape index (κ3) is 5.37. The summed E-state index contributed by atoms with van der Waals surface area (Å²) in [5.74, 6) is 0. The van der Waals surface area contributed by atoms with Gasteiger partial charge in [0.05, 0.1) is 0 Å². The zero-order chi connectivity index (χ0) is 17.0. The van der Waals surface area contributed by atoms with Gasteiger partial charge in [-0.25, -0.2) is 0 Å². The highest BCUT2D eigenvalue weighted by molar-refractivity contribution is 7.90. The molecule has 0 bridgehead atoms. The second kappa shape index (κ2) is 7.51. The van der Waals surface area contributed by atoms with Gasteiger partial charge in [-0.3, -0.25) is 9.62 Å². The lowest BCUT2D eigenvalue weighted by Crippen LogP contribution is -2.48. The van der Waals surface area contributed by atoms with E-state index in [-0.39, 0.29) is 6.04 Å². The molecule has 1 heterocycles. The maximum absolute atomic E-state index is 11.9. The molecule has 2 rings (SSSR count). The molecule has 1 aromatic rings. The number of hydrogen-bond acceptors (Lipinski definition) is 4. The number of rotatable bonds is 6. The van der Waals surface area contributed by atoms with E-state index >= 15 is 0 Å². The first-order valence-corrected chi connectivity index (χ1v) is 9.64. The number of nitrogens with zero attached hydrogens (tertiary/aromatic N) is 2. The van der Waals surface area contributed by atoms with E-state index in [0.717, 1.165) is 31.9 Å². The molecule has 7 heteroatoms. The van der Waals surface area contributed by atoms with Crippen molar-refractivity contribution in [1.29, 1.82) is 0 Å². The average Bonchev–Trinajstić information content (AvgIpc) is 2.46. The van der Waals surface area contributed by atoms with Crippen molar-refractivity contribution in [3.8, 4) is 0 Å². The lowest BCUT2D eigenvalue weighted by Gasteiger charge is -2.38. The number of anilines is 2. The Morgan fingerprint density at radius 2 is 1.52 bits per heavy atom. The monoisotopic (exact) mass is 340 g/mol. The summed E-state index contributed by atoms with van der Waals surface area (Å²) in [5, 5.41) is 0. The third-order valence-electron chi connectivity index (χ3n) is 3.92. The Labute approximate surface area is 140 Å². The summed E-state index contributed by atoms with van der Waals surface area (Å²) in [6.07, 6.45) is 0. The second-order valence-corrected chi connectivity index (χ2v) is 7.99. The van der Waals surface area contributed by atoms with Crippen molar-refractivity contribution >= 4 is 21.6 Å². The van der Waals surface area contributed by atoms with Crippen molar-refractivity contribution in [2.24, 2.45) is 0 Å². The molecule has 0 aliphatic carbocycles. The topological polar surface area (TPSA) is 64.7 Å². The van der Waals surface area contributed by atoms with E-state index in [1.54, 1.807) is 13.8 Å². The third-order valence-corrected chi connectivity index (χ3v) is 5.21. The number of nitrogens with one attached hydrogen (secondary N) is 2. The predicted octanol–water partition coefficient (Wildman–Crippen LogP) is 1.87. The fourth-order valence-electron chi connectivity index (χ4n) is 2.73. The molecule has 0 atom stereocenters. The normalized spacial score (nSPS) is 17.0. The molecule has 1 aliphatic rings. The van der Waals surface area contributed by atoms with Crippen molar-refractivity contribution in [3.63, 3.8) is 0 Å². The van der Waals surface area contributed by atoms with Crippen LogP contribution in [0.1, 0.15) is 27.7 Å². The predicted molar refractivity (Wildman–Crippen MR) is 96.2 cm³/mol. The summed E-state index contributed by atoms with van der Waals surface area (Å²) < 4.78 is 28.8. The molecule has 1 saturated heterocycles. The molecule has 6 nitrogen and oxygen atoms in total. The highest BCUT2D eigenvalue weighted by atomic mass is 32.2. The van der Waals surface area contributed by atoms with Gasteiger partial charge in [0.25, 0.3) is 10.2 Å². The van der Waals surface area contributed by atoms with E-state index in [2.05, 4.69) is 33.1 Å². The van der Waals surface area contributed by atoms with Crippen molar-refractivity contribution in [3.05, 3.63) is 24.3 Å². The molecule has 0 spiro atoms. The van der Waals surface area contributed by atoms with E-state index in [1.165, 1.54) is 0 Å². The van der Waals surface area contributed by atoms with Gasteiger partial charge in [0.15, 0.2) is 0 Å². The molecule has 0 aromatic heterocycles. The van der Waals surface area contributed by atoms with Crippen LogP contribution in [0.2, 0.25) is 0 Å². The van der Waals surface area contributed by atoms with Crippen LogP contribution in [0.3, 0.4) is 0 Å². The summed E-state index contributed by atoms with van der Waals surface area (Å²) in [6, 6.07) is 8.01. The summed E-state index contributed by atoms with van der Waals surface area (Å²) >= 11 is 0. The molecule has 130 valence electrons. The first-order valence-electron chi connectivity index (χ1n) is 8.16. The van der Waals surface area contributed by atoms with Crippen LogP contribution in [0, 0.1) is 0 Å². The van der Waals surface area contributed by atoms with E-state index in [9.17, 15) is 8.42 Å². The lowest BCUT2D eigenvalue weighted by molar-refractivity contribution is 0.209. The molecule has 0 unspecified atom stereocenters. The molecule has 1 aliphatic heterocycles. The van der Waals surface area contributed by atoms with Crippen molar-refractivity contribution in [2.45, 2.75) is 39.8 Å². The van der Waals surface area contributed by atoms with Crippen LogP contribution < -0.4 is 14.3 Å². The molecule has 0 radical (unpaired) electrons. The van der Waals surface area contributed by atoms with Crippen LogP contribution in [0.15, 0.2) is 24.3 Å². The smallest absolute Gasteiger partial charge is 0.299 e. The van der Waals surface area contributed by atoms with Crippen LogP contribution in [-0.4, -0.2) is 51.6 Å². The Morgan fingerprint density at radius 1 is 0.957 bits per heavy atom. The second-order valence-electron chi connectivity index (χ2n) is 6.54. The number of hydrogen-bond donors (Lipinski definition) is 2. The molecule has 1 fully saturated rings.